The maximum Gasteiger partial charge on any atom is 0.130 e. The third-order valence-corrected chi connectivity index (χ3v) is 2.38. The fraction of sp³-hybridized carbons (Fsp3) is 0.333. The highest BCUT2D eigenvalue weighted by molar-refractivity contribution is 9.10. The summed E-state index contributed by atoms with van der Waals surface area (Å²) in [5.74, 6) is 0. The van der Waals surface area contributed by atoms with Crippen LogP contribution in [0.1, 0.15) is 19.4 Å². The van der Waals surface area contributed by atoms with Crippen LogP contribution in [0.2, 0.25) is 0 Å². The Morgan fingerprint density at radius 1 is 1.58 bits per heavy atom. The molecule has 0 aromatic carbocycles. The maximum absolute atomic E-state index is 10.7. The SMILES string of the molecule is CC(C)(C=O)c1cccnc1Br. The standard InChI is InChI=1S/C9H10BrNO/c1-9(2,6-12)7-4-3-5-11-8(7)10/h3-6H,1-2H3. The summed E-state index contributed by atoms with van der Waals surface area (Å²) in [6.07, 6.45) is 2.61. The van der Waals surface area contributed by atoms with E-state index in [4.69, 9.17) is 0 Å². The number of aldehydes is 1. The van der Waals surface area contributed by atoms with Crippen molar-refractivity contribution in [3.63, 3.8) is 0 Å². The number of hydrogen-bond acceptors (Lipinski definition) is 2. The molecule has 2 nitrogen and oxygen atoms in total. The van der Waals surface area contributed by atoms with Crippen LogP contribution in [-0.4, -0.2) is 11.3 Å². The quantitative estimate of drug-likeness (QED) is 0.574. The molecule has 1 heterocycles. The Bertz CT molecular complexity index is 296. The Kier molecular flexibility index (Phi) is 2.62. The first kappa shape index (κ1) is 9.39. The van der Waals surface area contributed by atoms with Crippen molar-refractivity contribution in [3.05, 3.63) is 28.5 Å². The molecule has 0 aliphatic carbocycles. The van der Waals surface area contributed by atoms with Crippen LogP contribution >= 0.6 is 15.9 Å². The lowest BCUT2D eigenvalue weighted by Crippen LogP contribution is -2.19. The zero-order valence-electron chi connectivity index (χ0n) is 7.04. The van der Waals surface area contributed by atoms with Crippen LogP contribution in [0.4, 0.5) is 0 Å². The lowest BCUT2D eigenvalue weighted by molar-refractivity contribution is -0.111. The van der Waals surface area contributed by atoms with Gasteiger partial charge in [-0.3, -0.25) is 0 Å². The average Bonchev–Trinajstić information content (AvgIpc) is 2.05. The van der Waals surface area contributed by atoms with Crippen LogP contribution in [0.3, 0.4) is 0 Å². The molecule has 0 bridgehead atoms. The third kappa shape index (κ3) is 1.72. The van der Waals surface area contributed by atoms with E-state index in [0.717, 1.165) is 16.5 Å². The largest absolute Gasteiger partial charge is 0.302 e. The fourth-order valence-electron chi connectivity index (χ4n) is 0.930. The van der Waals surface area contributed by atoms with Crippen LogP contribution in [0.5, 0.6) is 0 Å². The van der Waals surface area contributed by atoms with Crippen molar-refractivity contribution >= 4 is 22.2 Å². The first-order chi connectivity index (χ1) is 5.58. The molecular formula is C9H10BrNO. The van der Waals surface area contributed by atoms with Gasteiger partial charge in [-0.05, 0) is 41.4 Å². The van der Waals surface area contributed by atoms with Gasteiger partial charge in [-0.1, -0.05) is 6.07 Å². The number of rotatable bonds is 2. The molecule has 1 rings (SSSR count). The predicted molar refractivity (Wildman–Crippen MR) is 51.0 cm³/mol. The van der Waals surface area contributed by atoms with Crippen molar-refractivity contribution in [1.82, 2.24) is 4.98 Å². The van der Waals surface area contributed by atoms with Crippen LogP contribution in [0.15, 0.2) is 22.9 Å². The van der Waals surface area contributed by atoms with Gasteiger partial charge in [0, 0.05) is 11.6 Å². The van der Waals surface area contributed by atoms with Gasteiger partial charge in [-0.25, -0.2) is 4.98 Å². The van der Waals surface area contributed by atoms with Crippen molar-refractivity contribution in [2.24, 2.45) is 0 Å². The summed E-state index contributed by atoms with van der Waals surface area (Å²) in [5.41, 5.74) is 0.451. The monoisotopic (exact) mass is 227 g/mol. The van der Waals surface area contributed by atoms with E-state index in [1.807, 2.05) is 26.0 Å². The number of pyridine rings is 1. The van der Waals surface area contributed by atoms with Gasteiger partial charge in [0.1, 0.15) is 10.9 Å². The highest BCUT2D eigenvalue weighted by Gasteiger charge is 2.22. The number of carbonyl (C=O) groups excluding carboxylic acids is 1. The highest BCUT2D eigenvalue weighted by atomic mass is 79.9. The Morgan fingerprint density at radius 3 is 2.75 bits per heavy atom. The average molecular weight is 228 g/mol. The van der Waals surface area contributed by atoms with Gasteiger partial charge in [0.2, 0.25) is 0 Å². The molecule has 0 amide bonds. The Hall–Kier alpha value is -0.700. The molecule has 0 spiro atoms. The summed E-state index contributed by atoms with van der Waals surface area (Å²) >= 11 is 3.30. The molecule has 0 aliphatic heterocycles. The van der Waals surface area contributed by atoms with E-state index in [1.54, 1.807) is 6.20 Å². The van der Waals surface area contributed by atoms with Gasteiger partial charge in [0.25, 0.3) is 0 Å². The molecule has 0 aliphatic rings. The van der Waals surface area contributed by atoms with Crippen molar-refractivity contribution in [2.45, 2.75) is 19.3 Å². The molecular weight excluding hydrogens is 218 g/mol. The molecule has 0 fully saturated rings. The van der Waals surface area contributed by atoms with E-state index in [-0.39, 0.29) is 0 Å². The summed E-state index contributed by atoms with van der Waals surface area (Å²) in [6.45, 7) is 3.73. The lowest BCUT2D eigenvalue weighted by Gasteiger charge is -2.17. The summed E-state index contributed by atoms with van der Waals surface area (Å²) in [6, 6.07) is 3.72. The van der Waals surface area contributed by atoms with Gasteiger partial charge < -0.3 is 4.79 Å². The molecule has 0 radical (unpaired) electrons. The third-order valence-electron chi connectivity index (χ3n) is 1.75. The highest BCUT2D eigenvalue weighted by Crippen LogP contribution is 2.26. The summed E-state index contributed by atoms with van der Waals surface area (Å²) < 4.78 is 0.738. The zero-order chi connectivity index (χ0) is 9.19. The lowest BCUT2D eigenvalue weighted by atomic mass is 9.88. The number of nitrogens with zero attached hydrogens (tertiary/aromatic N) is 1. The van der Waals surface area contributed by atoms with Crippen LogP contribution in [0, 0.1) is 0 Å². The molecule has 0 saturated carbocycles. The molecule has 3 heteroatoms. The topological polar surface area (TPSA) is 30.0 Å². The molecule has 0 N–H and O–H groups in total. The van der Waals surface area contributed by atoms with Gasteiger partial charge in [-0.2, -0.15) is 0 Å². The first-order valence-corrected chi connectivity index (χ1v) is 4.44. The molecule has 1 aromatic heterocycles. The second kappa shape index (κ2) is 3.35. The number of halogens is 1. The summed E-state index contributed by atoms with van der Waals surface area (Å²) in [7, 11) is 0. The summed E-state index contributed by atoms with van der Waals surface area (Å²) in [5, 5.41) is 0. The molecule has 12 heavy (non-hydrogen) atoms. The molecule has 64 valence electrons. The van der Waals surface area contributed by atoms with Gasteiger partial charge in [0.15, 0.2) is 0 Å². The zero-order valence-corrected chi connectivity index (χ0v) is 8.63. The maximum atomic E-state index is 10.7. The van der Waals surface area contributed by atoms with Gasteiger partial charge in [0.05, 0.1) is 0 Å². The number of hydrogen-bond donors (Lipinski definition) is 0. The Labute approximate surface area is 80.1 Å². The fourth-order valence-corrected chi connectivity index (χ4v) is 1.69. The van der Waals surface area contributed by atoms with E-state index in [9.17, 15) is 4.79 Å². The second-order valence-corrected chi connectivity index (χ2v) is 3.93. The molecule has 0 saturated heterocycles. The van der Waals surface area contributed by atoms with E-state index >= 15 is 0 Å². The van der Waals surface area contributed by atoms with E-state index < -0.39 is 5.41 Å². The van der Waals surface area contributed by atoms with Crippen LogP contribution in [-0.2, 0) is 10.2 Å². The Morgan fingerprint density at radius 2 is 2.25 bits per heavy atom. The normalized spacial score (nSPS) is 11.2. The summed E-state index contributed by atoms with van der Waals surface area (Å²) in [4.78, 5) is 14.8. The van der Waals surface area contributed by atoms with E-state index in [0.29, 0.717) is 0 Å². The Balaban J connectivity index is 3.19. The minimum Gasteiger partial charge on any atom is -0.302 e. The van der Waals surface area contributed by atoms with Crippen molar-refractivity contribution in [3.8, 4) is 0 Å². The molecule has 1 aromatic rings. The molecule has 0 atom stereocenters. The number of carbonyl (C=O) groups is 1. The minimum absolute atomic E-state index is 0.465. The van der Waals surface area contributed by atoms with E-state index in [2.05, 4.69) is 20.9 Å². The van der Waals surface area contributed by atoms with Gasteiger partial charge >= 0.3 is 0 Å². The van der Waals surface area contributed by atoms with Crippen molar-refractivity contribution in [2.75, 3.05) is 0 Å². The minimum atomic E-state index is -0.465. The van der Waals surface area contributed by atoms with Crippen molar-refractivity contribution in [1.29, 1.82) is 0 Å². The van der Waals surface area contributed by atoms with Crippen molar-refractivity contribution < 1.29 is 4.79 Å². The van der Waals surface area contributed by atoms with Gasteiger partial charge in [-0.15, -0.1) is 0 Å². The van der Waals surface area contributed by atoms with Crippen LogP contribution in [0.25, 0.3) is 0 Å². The second-order valence-electron chi connectivity index (χ2n) is 3.18. The van der Waals surface area contributed by atoms with E-state index in [1.165, 1.54) is 0 Å². The smallest absolute Gasteiger partial charge is 0.130 e. The molecule has 0 unspecified atom stereocenters. The predicted octanol–water partition coefficient (Wildman–Crippen LogP) is 2.32. The number of aromatic nitrogens is 1. The van der Waals surface area contributed by atoms with Crippen LogP contribution < -0.4 is 0 Å². The first-order valence-electron chi connectivity index (χ1n) is 3.65.